The normalized spacial score (nSPS) is 12.2. The van der Waals surface area contributed by atoms with Crippen LogP contribution in [-0.4, -0.2) is 28.4 Å². The van der Waals surface area contributed by atoms with Gasteiger partial charge in [-0.2, -0.15) is 0 Å². The summed E-state index contributed by atoms with van der Waals surface area (Å²) in [6.45, 7) is 3.21. The third-order valence-corrected chi connectivity index (χ3v) is 3.91. The van der Waals surface area contributed by atoms with E-state index < -0.39 is 0 Å². The first-order chi connectivity index (χ1) is 11.8. The number of rotatable bonds is 7. The summed E-state index contributed by atoms with van der Waals surface area (Å²) in [7, 11) is 0. The maximum Gasteiger partial charge on any atom is 0.255 e. The van der Waals surface area contributed by atoms with Crippen molar-refractivity contribution in [1.82, 2.24) is 14.7 Å². The van der Waals surface area contributed by atoms with Crippen molar-refractivity contribution >= 4 is 11.6 Å². The second-order valence-electron chi connectivity index (χ2n) is 5.61. The lowest BCUT2D eigenvalue weighted by molar-refractivity contribution is 0.0635. The van der Waals surface area contributed by atoms with Crippen LogP contribution in [0.2, 0.25) is 0 Å². The number of ether oxygens (including phenoxy) is 1. The quantitative estimate of drug-likeness (QED) is 0.679. The van der Waals surface area contributed by atoms with Crippen molar-refractivity contribution in [2.45, 2.75) is 19.4 Å². The van der Waals surface area contributed by atoms with Crippen LogP contribution in [0.25, 0.3) is 5.65 Å². The Morgan fingerprint density at radius 1 is 1.21 bits per heavy atom. The largest absolute Gasteiger partial charge is 0.374 e. The maximum atomic E-state index is 12.3. The van der Waals surface area contributed by atoms with Crippen LogP contribution in [0, 0.1) is 0 Å². The molecular weight excluding hydrogens is 302 g/mol. The van der Waals surface area contributed by atoms with Crippen LogP contribution in [0.3, 0.4) is 0 Å². The number of fused-ring (bicyclic) bond motifs is 1. The molecule has 0 fully saturated rings. The van der Waals surface area contributed by atoms with Gasteiger partial charge in [-0.25, -0.2) is 4.98 Å². The lowest BCUT2D eigenvalue weighted by Crippen LogP contribution is -2.26. The molecule has 3 aromatic rings. The van der Waals surface area contributed by atoms with Crippen molar-refractivity contribution in [2.24, 2.45) is 0 Å². The van der Waals surface area contributed by atoms with Gasteiger partial charge in [0.15, 0.2) is 0 Å². The van der Waals surface area contributed by atoms with Gasteiger partial charge in [0.05, 0.1) is 11.7 Å². The fourth-order valence-corrected chi connectivity index (χ4v) is 2.58. The zero-order valence-electron chi connectivity index (χ0n) is 13.7. The minimum Gasteiger partial charge on any atom is -0.374 e. The number of pyridine rings is 1. The van der Waals surface area contributed by atoms with E-state index in [2.05, 4.69) is 22.4 Å². The predicted octanol–water partition coefficient (Wildman–Crippen LogP) is 3.23. The summed E-state index contributed by atoms with van der Waals surface area (Å²) in [5, 5.41) is 2.92. The van der Waals surface area contributed by atoms with Crippen LogP contribution in [0.5, 0.6) is 0 Å². The standard InChI is InChI=1S/C19H21N3O2/c1-15(16-7-3-2-4-8-16)24-14-6-10-21-19(23)17-9-5-12-22-13-11-20-18(17)22/h2-5,7-9,11-13,15H,6,10,14H2,1H3,(H,21,23). The van der Waals surface area contributed by atoms with Crippen molar-refractivity contribution in [3.8, 4) is 0 Å². The molecule has 0 spiro atoms. The summed E-state index contributed by atoms with van der Waals surface area (Å²) in [4.78, 5) is 16.5. The molecule has 0 aliphatic heterocycles. The molecule has 24 heavy (non-hydrogen) atoms. The molecule has 1 aromatic carbocycles. The Bertz CT molecular complexity index is 798. The Kier molecular flexibility index (Phi) is 5.23. The number of amides is 1. The number of aromatic nitrogens is 2. The molecule has 1 N–H and O–H groups in total. The summed E-state index contributed by atoms with van der Waals surface area (Å²) in [5.74, 6) is -0.108. The minimum atomic E-state index is -0.108. The molecule has 2 aromatic heterocycles. The monoisotopic (exact) mass is 323 g/mol. The summed E-state index contributed by atoms with van der Waals surface area (Å²) >= 11 is 0. The van der Waals surface area contributed by atoms with E-state index in [0.717, 1.165) is 12.0 Å². The first-order valence-corrected chi connectivity index (χ1v) is 8.12. The Balaban J connectivity index is 1.44. The molecule has 124 valence electrons. The van der Waals surface area contributed by atoms with Gasteiger partial charge in [0.1, 0.15) is 5.65 Å². The average molecular weight is 323 g/mol. The number of carbonyl (C=O) groups is 1. The molecule has 0 saturated carbocycles. The lowest BCUT2D eigenvalue weighted by atomic mass is 10.1. The molecule has 2 heterocycles. The van der Waals surface area contributed by atoms with E-state index >= 15 is 0 Å². The highest BCUT2D eigenvalue weighted by molar-refractivity contribution is 5.99. The molecule has 5 nitrogen and oxygen atoms in total. The van der Waals surface area contributed by atoms with Crippen molar-refractivity contribution in [2.75, 3.05) is 13.2 Å². The minimum absolute atomic E-state index is 0.0561. The fourth-order valence-electron chi connectivity index (χ4n) is 2.58. The smallest absolute Gasteiger partial charge is 0.255 e. The van der Waals surface area contributed by atoms with Crippen LogP contribution >= 0.6 is 0 Å². The zero-order chi connectivity index (χ0) is 16.8. The van der Waals surface area contributed by atoms with E-state index in [0.29, 0.717) is 24.4 Å². The Hall–Kier alpha value is -2.66. The SMILES string of the molecule is CC(OCCCNC(=O)c1cccn2ccnc12)c1ccccc1. The van der Waals surface area contributed by atoms with Gasteiger partial charge in [-0.1, -0.05) is 30.3 Å². The molecule has 0 aliphatic rings. The number of nitrogens with one attached hydrogen (secondary N) is 1. The molecule has 5 heteroatoms. The topological polar surface area (TPSA) is 55.6 Å². The molecule has 1 unspecified atom stereocenters. The number of imidazole rings is 1. The number of hydrogen-bond acceptors (Lipinski definition) is 3. The second kappa shape index (κ2) is 7.75. The van der Waals surface area contributed by atoms with Crippen LogP contribution in [0.15, 0.2) is 61.1 Å². The average Bonchev–Trinajstić information content (AvgIpc) is 3.10. The van der Waals surface area contributed by atoms with Gasteiger partial charge in [-0.15, -0.1) is 0 Å². The van der Waals surface area contributed by atoms with Crippen LogP contribution in [0.1, 0.15) is 35.4 Å². The molecule has 0 radical (unpaired) electrons. The van der Waals surface area contributed by atoms with E-state index in [-0.39, 0.29) is 12.0 Å². The fraction of sp³-hybridized carbons (Fsp3) is 0.263. The lowest BCUT2D eigenvalue weighted by Gasteiger charge is -2.13. The van der Waals surface area contributed by atoms with Crippen molar-refractivity contribution in [1.29, 1.82) is 0 Å². The van der Waals surface area contributed by atoms with Crippen LogP contribution in [-0.2, 0) is 4.74 Å². The number of nitrogens with zero attached hydrogens (tertiary/aromatic N) is 2. The Morgan fingerprint density at radius 3 is 2.88 bits per heavy atom. The van der Waals surface area contributed by atoms with Crippen molar-refractivity contribution < 1.29 is 9.53 Å². The second-order valence-corrected chi connectivity index (χ2v) is 5.61. The van der Waals surface area contributed by atoms with Gasteiger partial charge in [-0.05, 0) is 31.0 Å². The summed E-state index contributed by atoms with van der Waals surface area (Å²) < 4.78 is 7.64. The van der Waals surface area contributed by atoms with E-state index in [1.807, 2.05) is 48.0 Å². The van der Waals surface area contributed by atoms with Crippen LogP contribution < -0.4 is 5.32 Å². The third kappa shape index (κ3) is 3.81. The number of hydrogen-bond donors (Lipinski definition) is 1. The van der Waals surface area contributed by atoms with Gasteiger partial charge >= 0.3 is 0 Å². The third-order valence-electron chi connectivity index (χ3n) is 3.91. The summed E-state index contributed by atoms with van der Waals surface area (Å²) in [6.07, 6.45) is 6.20. The Labute approximate surface area is 141 Å². The van der Waals surface area contributed by atoms with Gasteiger partial charge in [0, 0.05) is 31.7 Å². The molecule has 1 amide bonds. The molecule has 3 rings (SSSR count). The predicted molar refractivity (Wildman–Crippen MR) is 93.0 cm³/mol. The van der Waals surface area contributed by atoms with Gasteiger partial charge < -0.3 is 14.5 Å². The molecule has 0 aliphatic carbocycles. The maximum absolute atomic E-state index is 12.3. The molecule has 1 atom stereocenters. The van der Waals surface area contributed by atoms with E-state index in [9.17, 15) is 4.79 Å². The molecule has 0 bridgehead atoms. The van der Waals surface area contributed by atoms with Crippen molar-refractivity contribution in [3.63, 3.8) is 0 Å². The number of benzene rings is 1. The molecule has 0 saturated heterocycles. The highest BCUT2D eigenvalue weighted by Crippen LogP contribution is 2.15. The van der Waals surface area contributed by atoms with Gasteiger partial charge in [-0.3, -0.25) is 4.79 Å². The highest BCUT2D eigenvalue weighted by Gasteiger charge is 2.10. The zero-order valence-corrected chi connectivity index (χ0v) is 13.7. The first-order valence-electron chi connectivity index (χ1n) is 8.12. The van der Waals surface area contributed by atoms with Crippen molar-refractivity contribution in [3.05, 3.63) is 72.2 Å². The summed E-state index contributed by atoms with van der Waals surface area (Å²) in [5.41, 5.74) is 2.41. The van der Waals surface area contributed by atoms with E-state index in [1.54, 1.807) is 12.3 Å². The molecular formula is C19H21N3O2. The first kappa shape index (κ1) is 16.2. The summed E-state index contributed by atoms with van der Waals surface area (Å²) in [6, 6.07) is 13.7. The van der Waals surface area contributed by atoms with Gasteiger partial charge in [0.25, 0.3) is 5.91 Å². The van der Waals surface area contributed by atoms with E-state index in [1.165, 1.54) is 0 Å². The highest BCUT2D eigenvalue weighted by atomic mass is 16.5. The van der Waals surface area contributed by atoms with Crippen LogP contribution in [0.4, 0.5) is 0 Å². The Morgan fingerprint density at radius 2 is 2.04 bits per heavy atom. The van der Waals surface area contributed by atoms with Gasteiger partial charge in [0.2, 0.25) is 0 Å². The number of carbonyl (C=O) groups excluding carboxylic acids is 1. The van der Waals surface area contributed by atoms with E-state index in [4.69, 9.17) is 4.74 Å².